The number of benzene rings is 2. The van der Waals surface area contributed by atoms with Crippen molar-refractivity contribution >= 4 is 11.1 Å². The third-order valence-corrected chi connectivity index (χ3v) is 11.7. The van der Waals surface area contributed by atoms with Crippen molar-refractivity contribution in [1.82, 2.24) is 0 Å². The summed E-state index contributed by atoms with van der Waals surface area (Å²) < 4.78 is 1.51. The molecule has 3 heteroatoms. The van der Waals surface area contributed by atoms with Crippen LogP contribution in [-0.2, 0) is 23.2 Å². The Balaban J connectivity index is 0.00000136. The number of hydrogen-bond donors (Lipinski definition) is 0. The summed E-state index contributed by atoms with van der Waals surface area (Å²) in [6.07, 6.45) is 6.68. The maximum atomic E-state index is 2.64. The van der Waals surface area contributed by atoms with Crippen LogP contribution < -0.4 is 24.8 Å². The smallest absolute Gasteiger partial charge is 1.00 e. The first-order chi connectivity index (χ1) is 14.0. The molecule has 0 N–H and O–H groups in total. The largest absolute Gasteiger partial charge is 1.00 e. The van der Waals surface area contributed by atoms with E-state index in [0.29, 0.717) is 11.8 Å². The Morgan fingerprint density at radius 2 is 1.42 bits per heavy atom. The van der Waals surface area contributed by atoms with Gasteiger partial charge in [-0.2, -0.15) is 0 Å². The zero-order chi connectivity index (χ0) is 20.3. The van der Waals surface area contributed by atoms with Gasteiger partial charge in [0.05, 0.1) is 0 Å². The summed E-state index contributed by atoms with van der Waals surface area (Å²) in [6.45, 7) is 11.8. The van der Waals surface area contributed by atoms with Gasteiger partial charge in [0.15, 0.2) is 0 Å². The minimum Gasteiger partial charge on any atom is -1.00 e. The molecule has 5 rings (SSSR count). The summed E-state index contributed by atoms with van der Waals surface area (Å²) in [5.41, 5.74) is 14.9. The Hall–Kier alpha value is -0.617. The van der Waals surface area contributed by atoms with E-state index >= 15 is 0 Å². The molecule has 3 aliphatic carbocycles. The molecular formula is C28H32Cl2Zr. The molecule has 2 aromatic rings. The van der Waals surface area contributed by atoms with Gasteiger partial charge in [0.1, 0.15) is 0 Å². The molecule has 0 saturated heterocycles. The first-order valence-corrected chi connectivity index (χ1v) is 14.2. The van der Waals surface area contributed by atoms with E-state index in [0.717, 1.165) is 7.25 Å². The van der Waals surface area contributed by atoms with E-state index in [1.54, 1.807) is 39.0 Å². The Kier molecular flexibility index (Phi) is 7.83. The fourth-order valence-corrected chi connectivity index (χ4v) is 11.0. The summed E-state index contributed by atoms with van der Waals surface area (Å²) in [7, 11) is 0. The van der Waals surface area contributed by atoms with Crippen LogP contribution >= 0.6 is 0 Å². The number of rotatable bonds is 4. The fourth-order valence-electron chi connectivity index (χ4n) is 5.93. The Morgan fingerprint density at radius 3 is 2.06 bits per heavy atom. The molecule has 0 aliphatic heterocycles. The van der Waals surface area contributed by atoms with Crippen LogP contribution in [0.1, 0.15) is 106 Å². The van der Waals surface area contributed by atoms with Crippen LogP contribution in [0.15, 0.2) is 48.0 Å². The molecule has 2 aromatic carbocycles. The molecule has 0 nitrogen and oxygen atoms in total. The number of hydrogen-bond acceptors (Lipinski definition) is 0. The maximum absolute atomic E-state index is 2.64. The van der Waals surface area contributed by atoms with Gasteiger partial charge in [-0.3, -0.25) is 0 Å². The van der Waals surface area contributed by atoms with Crippen LogP contribution in [0.4, 0.5) is 0 Å². The molecule has 0 bridgehead atoms. The summed E-state index contributed by atoms with van der Waals surface area (Å²) in [5, 5.41) is 0. The molecule has 0 radical (unpaired) electrons. The molecule has 0 aromatic heterocycles. The Morgan fingerprint density at radius 1 is 0.806 bits per heavy atom. The van der Waals surface area contributed by atoms with E-state index in [9.17, 15) is 0 Å². The first-order valence-electron chi connectivity index (χ1n) is 11.4. The third kappa shape index (κ3) is 4.09. The zero-order valence-electron chi connectivity index (χ0n) is 19.2. The summed E-state index contributed by atoms with van der Waals surface area (Å²) in [4.78, 5) is 0. The van der Waals surface area contributed by atoms with Gasteiger partial charge in [-0.1, -0.05) is 0 Å². The van der Waals surface area contributed by atoms with E-state index in [2.05, 4.69) is 77.1 Å². The van der Waals surface area contributed by atoms with Crippen molar-refractivity contribution in [2.45, 2.75) is 73.0 Å². The standard InChI is InChI=1S/C15H17.C13H15.2ClH.Zr/c1-10(2)13-7-4-6-12-9-11-5-3-8-14(11)15(12)13;1-9(2)12-6-4-5-11-8-7-10(3)13(11)12;;;/h4,6-7,9-10H,3,5,8H2,1-2H3;4-9H,1-3H3;2*1H;/q;;;;+2/p-2. The predicted molar refractivity (Wildman–Crippen MR) is 121 cm³/mol. The van der Waals surface area contributed by atoms with Crippen molar-refractivity contribution in [3.05, 3.63) is 81.4 Å². The SMILES string of the molecule is CC1=C[CH]([Zr+2][CH]2C3=C(CCC3)c3c(C(C)C)cccc32)c2cccc(C(C)C)c21.[Cl-].[Cl-]. The van der Waals surface area contributed by atoms with Crippen LogP contribution in [0.5, 0.6) is 0 Å². The molecule has 0 spiro atoms. The minimum absolute atomic E-state index is 0. The normalized spacial score (nSPS) is 20.7. The minimum atomic E-state index is -0.706. The van der Waals surface area contributed by atoms with Crippen LogP contribution in [0, 0.1) is 0 Å². The summed E-state index contributed by atoms with van der Waals surface area (Å²) in [5.74, 6) is 1.22. The van der Waals surface area contributed by atoms with Crippen LogP contribution in [0.2, 0.25) is 0 Å². The molecule has 0 amide bonds. The van der Waals surface area contributed by atoms with E-state index < -0.39 is 23.2 Å². The first kappa shape index (κ1) is 25.0. The van der Waals surface area contributed by atoms with E-state index in [1.165, 1.54) is 24.8 Å². The predicted octanol–water partition coefficient (Wildman–Crippen LogP) is 2.17. The molecule has 31 heavy (non-hydrogen) atoms. The number of halogens is 2. The van der Waals surface area contributed by atoms with Crippen LogP contribution in [-0.4, -0.2) is 0 Å². The topological polar surface area (TPSA) is 0 Å². The van der Waals surface area contributed by atoms with Gasteiger partial charge in [-0.25, -0.2) is 0 Å². The van der Waals surface area contributed by atoms with E-state index in [-0.39, 0.29) is 24.8 Å². The van der Waals surface area contributed by atoms with Crippen LogP contribution in [0.25, 0.3) is 11.1 Å². The van der Waals surface area contributed by atoms with Crippen molar-refractivity contribution in [3.63, 3.8) is 0 Å². The molecule has 0 fully saturated rings. The molecule has 2 atom stereocenters. The Labute approximate surface area is 212 Å². The third-order valence-electron chi connectivity index (χ3n) is 7.22. The second-order valence-corrected chi connectivity index (χ2v) is 13.5. The Bertz CT molecular complexity index is 1040. The van der Waals surface area contributed by atoms with E-state index in [1.807, 2.05) is 5.57 Å². The second kappa shape index (κ2) is 9.71. The second-order valence-electron chi connectivity index (χ2n) is 9.72. The van der Waals surface area contributed by atoms with E-state index in [4.69, 9.17) is 0 Å². The average Bonchev–Trinajstić information content (AvgIpc) is 3.37. The van der Waals surface area contributed by atoms with Crippen molar-refractivity contribution in [2.24, 2.45) is 0 Å². The quantitative estimate of drug-likeness (QED) is 0.569. The number of fused-ring (bicyclic) bond motifs is 3. The van der Waals surface area contributed by atoms with Gasteiger partial charge in [0.2, 0.25) is 0 Å². The molecule has 0 heterocycles. The van der Waals surface area contributed by atoms with Crippen molar-refractivity contribution in [1.29, 1.82) is 0 Å². The molecular weight excluding hydrogens is 498 g/mol. The van der Waals surface area contributed by atoms with Crippen molar-refractivity contribution < 1.29 is 48.0 Å². The van der Waals surface area contributed by atoms with Gasteiger partial charge in [0, 0.05) is 0 Å². The van der Waals surface area contributed by atoms with Crippen molar-refractivity contribution in [2.75, 3.05) is 0 Å². The van der Waals surface area contributed by atoms with Gasteiger partial charge in [0.25, 0.3) is 0 Å². The molecule has 2 unspecified atom stereocenters. The monoisotopic (exact) mass is 528 g/mol. The molecule has 3 aliphatic rings. The van der Waals surface area contributed by atoms with Gasteiger partial charge < -0.3 is 24.8 Å². The van der Waals surface area contributed by atoms with Crippen molar-refractivity contribution in [3.8, 4) is 0 Å². The summed E-state index contributed by atoms with van der Waals surface area (Å²) >= 11 is -0.706. The van der Waals surface area contributed by atoms with Gasteiger partial charge in [-0.15, -0.1) is 0 Å². The molecule has 162 valence electrons. The van der Waals surface area contributed by atoms with Gasteiger partial charge >= 0.3 is 189 Å². The fraction of sp³-hybridized carbons (Fsp3) is 0.429. The average molecular weight is 531 g/mol. The van der Waals surface area contributed by atoms with Crippen LogP contribution in [0.3, 0.4) is 0 Å². The summed E-state index contributed by atoms with van der Waals surface area (Å²) in [6, 6.07) is 14.3. The molecule has 0 saturated carbocycles. The van der Waals surface area contributed by atoms with Gasteiger partial charge in [-0.05, 0) is 0 Å². The zero-order valence-corrected chi connectivity index (χ0v) is 23.2. The number of allylic oxidation sites excluding steroid dienone is 4. The maximum Gasteiger partial charge on any atom is -1.00 e.